The number of nitrogens with two attached hydrogens (primary N) is 1. The zero-order valence-electron chi connectivity index (χ0n) is 9.59. The highest BCUT2D eigenvalue weighted by molar-refractivity contribution is 7.88. The zero-order chi connectivity index (χ0) is 12.5. The van der Waals surface area contributed by atoms with Crippen LogP contribution in [0.4, 0.5) is 10.1 Å². The first-order chi connectivity index (χ1) is 7.95. The fraction of sp³-hybridized carbons (Fsp3) is 0.667. The van der Waals surface area contributed by atoms with E-state index in [0.29, 0.717) is 18.1 Å². The molecular weight excluding hydrogens is 260 g/mol. The first-order valence-corrected chi connectivity index (χ1v) is 8.04. The molecule has 0 radical (unpaired) electrons. The smallest absolute Gasteiger partial charge is 0.211 e. The second-order valence-electron chi connectivity index (χ2n) is 4.15. The molecule has 0 bridgehead atoms. The van der Waals surface area contributed by atoms with E-state index in [-0.39, 0.29) is 6.04 Å². The molecule has 0 aliphatic carbocycles. The number of hydrogen-bond donors (Lipinski definition) is 2. The van der Waals surface area contributed by atoms with Crippen molar-refractivity contribution in [1.29, 1.82) is 0 Å². The molecule has 6 nitrogen and oxygen atoms in total. The number of rotatable bonds is 3. The van der Waals surface area contributed by atoms with E-state index < -0.39 is 10.0 Å². The Hall–Kier alpha value is -0.860. The van der Waals surface area contributed by atoms with Gasteiger partial charge in [0.15, 0.2) is 5.13 Å². The summed E-state index contributed by atoms with van der Waals surface area (Å²) < 4.78 is 24.2. The van der Waals surface area contributed by atoms with Crippen molar-refractivity contribution in [3.63, 3.8) is 0 Å². The number of thiazole rings is 1. The van der Waals surface area contributed by atoms with E-state index in [4.69, 9.17) is 5.73 Å². The number of nitrogen functional groups attached to an aromatic ring is 1. The predicted molar refractivity (Wildman–Crippen MR) is 69.6 cm³/mol. The highest BCUT2D eigenvalue weighted by atomic mass is 32.2. The lowest BCUT2D eigenvalue weighted by Crippen LogP contribution is -2.41. The summed E-state index contributed by atoms with van der Waals surface area (Å²) in [6.07, 6.45) is 4.47. The van der Waals surface area contributed by atoms with Gasteiger partial charge in [-0.25, -0.2) is 17.7 Å². The number of sulfonamides is 1. The van der Waals surface area contributed by atoms with Crippen molar-refractivity contribution in [2.75, 3.05) is 30.4 Å². The molecule has 3 N–H and O–H groups in total. The predicted octanol–water partition coefficient (Wildman–Crippen LogP) is 0.561. The van der Waals surface area contributed by atoms with Crippen LogP contribution >= 0.6 is 11.3 Å². The third-order valence-electron chi connectivity index (χ3n) is 2.77. The standard InChI is InChI=1S/C9H16N4O2S2/c1-17(14,15)13-4-2-7(3-5-13)12-9-11-6-8(10)16-9/h6-7H,2-5,10H2,1H3,(H,11,12). The van der Waals surface area contributed by atoms with Crippen LogP contribution in [0.15, 0.2) is 6.20 Å². The fourth-order valence-corrected chi connectivity index (χ4v) is 3.39. The second-order valence-corrected chi connectivity index (χ2v) is 7.19. The fourth-order valence-electron chi connectivity index (χ4n) is 1.86. The maximum atomic E-state index is 11.3. The van der Waals surface area contributed by atoms with Crippen LogP contribution in [-0.4, -0.2) is 43.1 Å². The highest BCUT2D eigenvalue weighted by Gasteiger charge is 2.25. The van der Waals surface area contributed by atoms with E-state index in [0.717, 1.165) is 18.0 Å². The van der Waals surface area contributed by atoms with Gasteiger partial charge in [-0.2, -0.15) is 0 Å². The quantitative estimate of drug-likeness (QED) is 0.842. The molecule has 17 heavy (non-hydrogen) atoms. The lowest BCUT2D eigenvalue weighted by molar-refractivity contribution is 0.332. The van der Waals surface area contributed by atoms with Crippen LogP contribution in [0.2, 0.25) is 0 Å². The zero-order valence-corrected chi connectivity index (χ0v) is 11.2. The highest BCUT2D eigenvalue weighted by Crippen LogP contribution is 2.23. The largest absolute Gasteiger partial charge is 0.389 e. The summed E-state index contributed by atoms with van der Waals surface area (Å²) >= 11 is 1.41. The molecule has 1 saturated heterocycles. The summed E-state index contributed by atoms with van der Waals surface area (Å²) in [4.78, 5) is 4.13. The molecule has 8 heteroatoms. The average Bonchev–Trinajstić information content (AvgIpc) is 2.63. The molecule has 2 heterocycles. The monoisotopic (exact) mass is 276 g/mol. The van der Waals surface area contributed by atoms with Gasteiger partial charge in [0.1, 0.15) is 5.00 Å². The Balaban J connectivity index is 1.87. The van der Waals surface area contributed by atoms with Crippen molar-refractivity contribution in [2.45, 2.75) is 18.9 Å². The van der Waals surface area contributed by atoms with Crippen molar-refractivity contribution in [3.05, 3.63) is 6.20 Å². The normalized spacial score (nSPS) is 19.4. The minimum absolute atomic E-state index is 0.276. The number of anilines is 2. The van der Waals surface area contributed by atoms with Crippen molar-refractivity contribution < 1.29 is 8.42 Å². The number of nitrogens with one attached hydrogen (secondary N) is 1. The van der Waals surface area contributed by atoms with Crippen molar-refractivity contribution in [3.8, 4) is 0 Å². The topological polar surface area (TPSA) is 88.3 Å². The van der Waals surface area contributed by atoms with Crippen LogP contribution in [0.3, 0.4) is 0 Å². The number of hydrogen-bond acceptors (Lipinski definition) is 6. The third-order valence-corrected chi connectivity index (χ3v) is 4.84. The van der Waals surface area contributed by atoms with Crippen molar-refractivity contribution >= 4 is 31.5 Å². The van der Waals surface area contributed by atoms with Gasteiger partial charge < -0.3 is 11.1 Å². The van der Waals surface area contributed by atoms with Crippen molar-refractivity contribution in [2.24, 2.45) is 0 Å². The molecule has 96 valence electrons. The minimum atomic E-state index is -3.05. The average molecular weight is 276 g/mol. The van der Waals surface area contributed by atoms with Crippen LogP contribution < -0.4 is 11.1 Å². The van der Waals surface area contributed by atoms with E-state index in [9.17, 15) is 8.42 Å². The van der Waals surface area contributed by atoms with E-state index in [1.165, 1.54) is 21.9 Å². The van der Waals surface area contributed by atoms with Gasteiger partial charge in [-0.3, -0.25) is 0 Å². The molecule has 1 aromatic rings. The Morgan fingerprint density at radius 1 is 1.53 bits per heavy atom. The summed E-state index contributed by atoms with van der Waals surface area (Å²) in [5.41, 5.74) is 5.59. The van der Waals surface area contributed by atoms with Crippen LogP contribution in [0.25, 0.3) is 0 Å². The first-order valence-electron chi connectivity index (χ1n) is 5.38. The van der Waals surface area contributed by atoms with Gasteiger partial charge in [0.2, 0.25) is 10.0 Å². The Morgan fingerprint density at radius 3 is 2.65 bits per heavy atom. The first kappa shape index (κ1) is 12.6. The van der Waals surface area contributed by atoms with Crippen LogP contribution in [0.1, 0.15) is 12.8 Å². The number of nitrogens with zero attached hydrogens (tertiary/aromatic N) is 2. The molecule has 0 saturated carbocycles. The van der Waals surface area contributed by atoms with Gasteiger partial charge in [-0.1, -0.05) is 11.3 Å². The van der Waals surface area contributed by atoms with Gasteiger partial charge in [0, 0.05) is 19.1 Å². The van der Waals surface area contributed by atoms with Gasteiger partial charge in [-0.15, -0.1) is 0 Å². The SMILES string of the molecule is CS(=O)(=O)N1CCC(Nc2ncc(N)s2)CC1. The van der Waals surface area contributed by atoms with Crippen LogP contribution in [-0.2, 0) is 10.0 Å². The Bertz CT molecular complexity index is 477. The summed E-state index contributed by atoms with van der Waals surface area (Å²) in [6.45, 7) is 1.13. The van der Waals surface area contributed by atoms with Crippen LogP contribution in [0, 0.1) is 0 Å². The van der Waals surface area contributed by atoms with Gasteiger partial charge in [-0.05, 0) is 12.8 Å². The minimum Gasteiger partial charge on any atom is -0.389 e. The molecule has 1 aromatic heterocycles. The number of piperidine rings is 1. The molecular formula is C9H16N4O2S2. The maximum absolute atomic E-state index is 11.3. The molecule has 0 unspecified atom stereocenters. The Kier molecular flexibility index (Phi) is 3.55. The summed E-state index contributed by atoms with van der Waals surface area (Å²) in [5, 5.41) is 4.77. The molecule has 0 atom stereocenters. The van der Waals surface area contributed by atoms with Gasteiger partial charge in [0.25, 0.3) is 0 Å². The number of aromatic nitrogens is 1. The molecule has 0 spiro atoms. The van der Waals surface area contributed by atoms with E-state index in [1.807, 2.05) is 0 Å². The Morgan fingerprint density at radius 2 is 2.18 bits per heavy atom. The maximum Gasteiger partial charge on any atom is 0.211 e. The lowest BCUT2D eigenvalue weighted by Gasteiger charge is -2.30. The van der Waals surface area contributed by atoms with E-state index in [2.05, 4.69) is 10.3 Å². The van der Waals surface area contributed by atoms with Gasteiger partial charge >= 0.3 is 0 Å². The third kappa shape index (κ3) is 3.30. The summed E-state index contributed by atoms with van der Waals surface area (Å²) in [5.74, 6) is 0. The molecule has 1 aliphatic heterocycles. The molecule has 0 amide bonds. The molecule has 0 aromatic carbocycles. The molecule has 1 fully saturated rings. The Labute approximate surface area is 105 Å². The molecule has 1 aliphatic rings. The summed E-state index contributed by atoms with van der Waals surface area (Å²) in [6, 6.07) is 0.276. The van der Waals surface area contributed by atoms with Crippen molar-refractivity contribution in [1.82, 2.24) is 9.29 Å². The molecule has 2 rings (SSSR count). The second kappa shape index (κ2) is 4.79. The van der Waals surface area contributed by atoms with E-state index >= 15 is 0 Å². The lowest BCUT2D eigenvalue weighted by atomic mass is 10.1. The van der Waals surface area contributed by atoms with Gasteiger partial charge in [0.05, 0.1) is 12.5 Å². The van der Waals surface area contributed by atoms with E-state index in [1.54, 1.807) is 6.20 Å². The summed E-state index contributed by atoms with van der Waals surface area (Å²) in [7, 11) is -3.05. The van der Waals surface area contributed by atoms with Crippen LogP contribution in [0.5, 0.6) is 0 Å².